The molecule has 4 aromatic rings. The maximum absolute atomic E-state index is 13.0. The molecule has 1 N–H and O–H groups in total. The zero-order valence-corrected chi connectivity index (χ0v) is 20.1. The van der Waals surface area contributed by atoms with Gasteiger partial charge in [0.15, 0.2) is 0 Å². The molecule has 0 spiro atoms. The van der Waals surface area contributed by atoms with E-state index in [9.17, 15) is 13.2 Å². The van der Waals surface area contributed by atoms with Crippen molar-refractivity contribution < 1.29 is 13.2 Å². The van der Waals surface area contributed by atoms with Crippen LogP contribution >= 0.6 is 11.3 Å². The third-order valence-corrected chi connectivity index (χ3v) is 8.18. The summed E-state index contributed by atoms with van der Waals surface area (Å²) in [5, 5.41) is 1.91. The van der Waals surface area contributed by atoms with Gasteiger partial charge >= 0.3 is 0 Å². The lowest BCUT2D eigenvalue weighted by atomic mass is 10.2. The van der Waals surface area contributed by atoms with Crippen LogP contribution in [0.5, 0.6) is 0 Å². The fourth-order valence-corrected chi connectivity index (χ4v) is 5.77. The predicted molar refractivity (Wildman–Crippen MR) is 131 cm³/mol. The second kappa shape index (κ2) is 9.67. The summed E-state index contributed by atoms with van der Waals surface area (Å²) >= 11 is 1.50. The molecule has 1 aliphatic heterocycles. The highest BCUT2D eigenvalue weighted by atomic mass is 32.2. The van der Waals surface area contributed by atoms with E-state index in [1.54, 1.807) is 12.1 Å². The van der Waals surface area contributed by atoms with Gasteiger partial charge < -0.3 is 9.30 Å². The molecular formula is C24H25N5O3S2. The molecular weight excluding hydrogens is 470 g/mol. The van der Waals surface area contributed by atoms with Crippen molar-refractivity contribution in [2.75, 3.05) is 26.2 Å². The third-order valence-electron chi connectivity index (χ3n) is 5.89. The van der Waals surface area contributed by atoms with Gasteiger partial charge in [0.25, 0.3) is 5.91 Å². The SMILES string of the molecule is O=C(c1ccc(S(=O)(=O)NCc2cccs2)cc1)N1CCN(Cc2cn3ccccc3n2)CC1. The molecule has 0 saturated carbocycles. The van der Waals surface area contributed by atoms with Crippen molar-refractivity contribution >= 4 is 32.9 Å². The number of nitrogens with zero attached hydrogens (tertiary/aromatic N) is 4. The molecule has 0 radical (unpaired) electrons. The number of carbonyl (C=O) groups excluding carboxylic acids is 1. The summed E-state index contributed by atoms with van der Waals surface area (Å²) in [5.74, 6) is -0.0807. The normalized spacial score (nSPS) is 15.1. The van der Waals surface area contributed by atoms with E-state index in [0.29, 0.717) is 18.7 Å². The first-order valence-corrected chi connectivity index (χ1v) is 13.4. The molecule has 4 heterocycles. The number of imidazole rings is 1. The number of aromatic nitrogens is 2. The van der Waals surface area contributed by atoms with E-state index < -0.39 is 10.0 Å². The number of hydrogen-bond acceptors (Lipinski definition) is 6. The molecule has 1 amide bonds. The highest BCUT2D eigenvalue weighted by Gasteiger charge is 2.23. The molecule has 3 aromatic heterocycles. The van der Waals surface area contributed by atoms with Gasteiger partial charge in [-0.15, -0.1) is 11.3 Å². The maximum Gasteiger partial charge on any atom is 0.253 e. The van der Waals surface area contributed by atoms with Gasteiger partial charge in [-0.3, -0.25) is 9.69 Å². The summed E-state index contributed by atoms with van der Waals surface area (Å²) in [6.45, 7) is 3.76. The van der Waals surface area contributed by atoms with E-state index in [1.165, 1.54) is 23.5 Å². The number of sulfonamides is 1. The quantitative estimate of drug-likeness (QED) is 0.426. The second-order valence-electron chi connectivity index (χ2n) is 8.19. The number of nitrogens with one attached hydrogen (secondary N) is 1. The van der Waals surface area contributed by atoms with Crippen molar-refractivity contribution in [2.45, 2.75) is 18.0 Å². The van der Waals surface area contributed by atoms with Gasteiger partial charge in [-0.25, -0.2) is 18.1 Å². The van der Waals surface area contributed by atoms with Crippen LogP contribution in [0.1, 0.15) is 20.9 Å². The Balaban J connectivity index is 1.16. The molecule has 1 saturated heterocycles. The molecule has 0 atom stereocenters. The summed E-state index contributed by atoms with van der Waals surface area (Å²) < 4.78 is 29.7. The highest BCUT2D eigenvalue weighted by molar-refractivity contribution is 7.89. The minimum atomic E-state index is -3.63. The summed E-state index contributed by atoms with van der Waals surface area (Å²) in [4.78, 5) is 22.8. The second-order valence-corrected chi connectivity index (χ2v) is 11.0. The van der Waals surface area contributed by atoms with Crippen molar-refractivity contribution in [3.8, 4) is 0 Å². The molecule has 5 rings (SSSR count). The van der Waals surface area contributed by atoms with Gasteiger partial charge in [0.05, 0.1) is 10.6 Å². The summed E-state index contributed by atoms with van der Waals surface area (Å²) in [5.41, 5.74) is 2.43. The minimum Gasteiger partial charge on any atom is -0.336 e. The molecule has 34 heavy (non-hydrogen) atoms. The van der Waals surface area contributed by atoms with Crippen molar-refractivity contribution in [1.82, 2.24) is 23.9 Å². The number of carbonyl (C=O) groups is 1. The van der Waals surface area contributed by atoms with Crippen molar-refractivity contribution in [2.24, 2.45) is 0 Å². The van der Waals surface area contributed by atoms with E-state index in [1.807, 2.05) is 57.4 Å². The Morgan fingerprint density at radius 3 is 2.50 bits per heavy atom. The van der Waals surface area contributed by atoms with Gasteiger partial charge in [-0.05, 0) is 47.8 Å². The molecule has 8 nitrogen and oxygen atoms in total. The number of pyridine rings is 1. The lowest BCUT2D eigenvalue weighted by Crippen LogP contribution is -2.48. The van der Waals surface area contributed by atoms with Crippen LogP contribution in [0.25, 0.3) is 5.65 Å². The lowest BCUT2D eigenvalue weighted by Gasteiger charge is -2.34. The van der Waals surface area contributed by atoms with Crippen LogP contribution < -0.4 is 4.72 Å². The molecule has 176 valence electrons. The summed E-state index contributed by atoms with van der Waals surface area (Å²) in [6.07, 6.45) is 4.02. The topological polar surface area (TPSA) is 87.0 Å². The van der Waals surface area contributed by atoms with E-state index in [-0.39, 0.29) is 17.3 Å². The first-order valence-electron chi connectivity index (χ1n) is 11.0. The largest absolute Gasteiger partial charge is 0.336 e. The lowest BCUT2D eigenvalue weighted by molar-refractivity contribution is 0.0627. The number of fused-ring (bicyclic) bond motifs is 1. The predicted octanol–water partition coefficient (Wildman–Crippen LogP) is 2.83. The number of benzene rings is 1. The van der Waals surface area contributed by atoms with Crippen LogP contribution in [0.15, 0.2) is 77.3 Å². The van der Waals surface area contributed by atoms with E-state index in [0.717, 1.165) is 35.9 Å². The number of hydrogen-bond donors (Lipinski definition) is 1. The van der Waals surface area contributed by atoms with Crippen LogP contribution in [-0.4, -0.2) is 59.7 Å². The van der Waals surface area contributed by atoms with Crippen LogP contribution in [0.4, 0.5) is 0 Å². The Hall–Kier alpha value is -3.05. The van der Waals surface area contributed by atoms with E-state index >= 15 is 0 Å². The average Bonchev–Trinajstić information content (AvgIpc) is 3.52. The molecule has 10 heteroatoms. The van der Waals surface area contributed by atoms with Crippen LogP contribution in [0.2, 0.25) is 0 Å². The first kappa shape index (κ1) is 22.7. The zero-order chi connectivity index (χ0) is 23.5. The smallest absolute Gasteiger partial charge is 0.253 e. The van der Waals surface area contributed by atoms with E-state index in [2.05, 4.69) is 14.6 Å². The number of rotatable bonds is 7. The standard InChI is InChI=1S/C24H25N5O3S2/c30-24(19-6-8-22(9-7-19)34(31,32)25-16-21-4-3-15-33-21)28-13-11-27(12-14-28)17-20-18-29-10-2-1-5-23(29)26-20/h1-10,15,18,25H,11-14,16-17H2. The third kappa shape index (κ3) is 5.05. The number of amides is 1. The Kier molecular flexibility index (Phi) is 6.46. The summed E-state index contributed by atoms with van der Waals surface area (Å²) in [7, 11) is -3.63. The Morgan fingerprint density at radius 2 is 1.79 bits per heavy atom. The Morgan fingerprint density at radius 1 is 1.00 bits per heavy atom. The van der Waals surface area contributed by atoms with Crippen molar-refractivity contribution in [3.05, 3.63) is 88.5 Å². The maximum atomic E-state index is 13.0. The van der Waals surface area contributed by atoms with Crippen molar-refractivity contribution in [3.63, 3.8) is 0 Å². The minimum absolute atomic E-state index is 0.0807. The van der Waals surface area contributed by atoms with Gasteiger partial charge in [0.1, 0.15) is 5.65 Å². The molecule has 1 aliphatic rings. The van der Waals surface area contributed by atoms with Crippen molar-refractivity contribution in [1.29, 1.82) is 0 Å². The number of piperazine rings is 1. The van der Waals surface area contributed by atoms with Gasteiger partial charge in [0.2, 0.25) is 10.0 Å². The molecule has 1 aromatic carbocycles. The van der Waals surface area contributed by atoms with Gasteiger partial charge in [0, 0.05) is 62.1 Å². The van der Waals surface area contributed by atoms with Gasteiger partial charge in [-0.2, -0.15) is 0 Å². The van der Waals surface area contributed by atoms with Crippen LogP contribution in [0, 0.1) is 0 Å². The Bertz CT molecular complexity index is 1340. The van der Waals surface area contributed by atoms with Gasteiger partial charge in [-0.1, -0.05) is 12.1 Å². The highest BCUT2D eigenvalue weighted by Crippen LogP contribution is 2.16. The molecule has 0 aliphatic carbocycles. The molecule has 0 bridgehead atoms. The summed E-state index contributed by atoms with van der Waals surface area (Å²) in [6, 6.07) is 15.9. The Labute approximate surface area is 202 Å². The fraction of sp³-hybridized carbons (Fsp3) is 0.250. The average molecular weight is 496 g/mol. The molecule has 0 unspecified atom stereocenters. The van der Waals surface area contributed by atoms with E-state index in [4.69, 9.17) is 0 Å². The molecule has 1 fully saturated rings. The van der Waals surface area contributed by atoms with Crippen LogP contribution in [-0.2, 0) is 23.1 Å². The first-order chi connectivity index (χ1) is 16.5. The number of thiophene rings is 1. The zero-order valence-electron chi connectivity index (χ0n) is 18.5. The van der Waals surface area contributed by atoms with Crippen LogP contribution in [0.3, 0.4) is 0 Å². The monoisotopic (exact) mass is 495 g/mol. The fourth-order valence-electron chi connectivity index (χ4n) is 4.02.